The molecule has 0 aromatic heterocycles. The van der Waals surface area contributed by atoms with Gasteiger partial charge in [-0.05, 0) is 145 Å². The molecular weight excluding hydrogens is 568 g/mol. The molecule has 0 radical (unpaired) electrons. The zero-order chi connectivity index (χ0) is 33.0. The van der Waals surface area contributed by atoms with Crippen LogP contribution in [0.1, 0.15) is 115 Å². The molecule has 4 fully saturated rings. The van der Waals surface area contributed by atoms with Crippen molar-refractivity contribution in [2.45, 2.75) is 104 Å². The molecule has 8 atom stereocenters. The van der Waals surface area contributed by atoms with Gasteiger partial charge in [-0.3, -0.25) is 0 Å². The van der Waals surface area contributed by atoms with Crippen molar-refractivity contribution in [2.24, 2.45) is 56.8 Å². The maximum absolute atomic E-state index is 12.1. The number of nitrogens with one attached hydrogen (secondary N) is 2. The first-order chi connectivity index (χ1) is 21.9. The van der Waals surface area contributed by atoms with Crippen molar-refractivity contribution in [3.05, 3.63) is 65.6 Å². The molecule has 46 heavy (non-hydrogen) atoms. The fourth-order valence-corrected chi connectivity index (χ4v) is 12.6. The second-order valence-corrected chi connectivity index (χ2v) is 16.8. The van der Waals surface area contributed by atoms with Crippen molar-refractivity contribution in [2.75, 3.05) is 20.2 Å². The number of ether oxygens (including phenoxy) is 1. The minimum atomic E-state index is -0.272. The molecule has 1 aromatic carbocycles. The van der Waals surface area contributed by atoms with Crippen molar-refractivity contribution >= 4 is 11.5 Å². The number of fused-ring (bicyclic) bond motifs is 7. The lowest BCUT2D eigenvalue weighted by Gasteiger charge is -2.72. The summed E-state index contributed by atoms with van der Waals surface area (Å²) < 4.78 is 4.95. The van der Waals surface area contributed by atoms with Crippen molar-refractivity contribution in [1.29, 1.82) is 0 Å². The van der Waals surface area contributed by atoms with Gasteiger partial charge < -0.3 is 26.8 Å². The maximum atomic E-state index is 12.1. The van der Waals surface area contributed by atoms with E-state index in [2.05, 4.69) is 63.5 Å². The Hall–Kier alpha value is -2.73. The molecule has 6 rings (SSSR count). The Morgan fingerprint density at radius 3 is 2.39 bits per heavy atom. The first-order valence-electron chi connectivity index (χ1n) is 18.1. The topological polar surface area (TPSA) is 102 Å². The van der Waals surface area contributed by atoms with Gasteiger partial charge in [0.25, 0.3) is 0 Å². The normalized spacial score (nSPS) is 39.9. The van der Waals surface area contributed by atoms with E-state index >= 15 is 0 Å². The van der Waals surface area contributed by atoms with E-state index in [9.17, 15) is 4.79 Å². The van der Waals surface area contributed by atoms with Crippen molar-refractivity contribution < 1.29 is 9.53 Å². The van der Waals surface area contributed by atoms with Crippen LogP contribution in [0.4, 0.5) is 0 Å². The van der Waals surface area contributed by atoms with Gasteiger partial charge in [-0.25, -0.2) is 4.79 Å². The molecule has 6 unspecified atom stereocenters. The summed E-state index contributed by atoms with van der Waals surface area (Å²) in [7, 11) is 1.45. The summed E-state index contributed by atoms with van der Waals surface area (Å²) in [6.07, 6.45) is 20.9. The van der Waals surface area contributed by atoms with Crippen molar-refractivity contribution in [3.63, 3.8) is 0 Å². The molecule has 4 saturated carbocycles. The number of nitrogens with two attached hydrogens (primary N) is 2. The van der Waals surface area contributed by atoms with E-state index in [0.29, 0.717) is 33.5 Å². The largest absolute Gasteiger partial charge is 0.465 e. The minimum absolute atomic E-state index is 0.0726. The van der Waals surface area contributed by atoms with Crippen LogP contribution < -0.4 is 22.1 Å². The summed E-state index contributed by atoms with van der Waals surface area (Å²) in [6.45, 7) is 14.9. The summed E-state index contributed by atoms with van der Waals surface area (Å²) in [4.78, 5) is 12.1. The van der Waals surface area contributed by atoms with Crippen LogP contribution in [0.3, 0.4) is 0 Å². The Morgan fingerprint density at radius 1 is 0.913 bits per heavy atom. The van der Waals surface area contributed by atoms with Gasteiger partial charge in [-0.1, -0.05) is 59.2 Å². The molecule has 0 saturated heterocycles. The average molecular weight is 629 g/mol. The van der Waals surface area contributed by atoms with Crippen LogP contribution in [0, 0.1) is 45.3 Å². The van der Waals surface area contributed by atoms with Crippen LogP contribution in [0.2, 0.25) is 0 Å². The highest BCUT2D eigenvalue weighted by Gasteiger charge is 2.69. The Morgan fingerprint density at radius 2 is 1.67 bits per heavy atom. The molecule has 0 aliphatic heterocycles. The van der Waals surface area contributed by atoms with Crippen LogP contribution in [-0.4, -0.2) is 31.7 Å². The van der Waals surface area contributed by atoms with Gasteiger partial charge in [0.05, 0.1) is 18.5 Å². The van der Waals surface area contributed by atoms with Crippen LogP contribution >= 0.6 is 0 Å². The molecule has 0 bridgehead atoms. The van der Waals surface area contributed by atoms with Crippen LogP contribution in [0.25, 0.3) is 5.57 Å². The highest BCUT2D eigenvalue weighted by atomic mass is 16.5. The Balaban J connectivity index is 1.22. The molecule has 0 heterocycles. The zero-order valence-corrected chi connectivity index (χ0v) is 29.4. The number of carbonyl (C=O) groups is 1. The number of rotatable bonds is 8. The second-order valence-electron chi connectivity index (χ2n) is 16.8. The molecule has 5 aliphatic carbocycles. The third-order valence-electron chi connectivity index (χ3n) is 14.9. The zero-order valence-electron chi connectivity index (χ0n) is 29.4. The van der Waals surface area contributed by atoms with E-state index in [1.165, 1.54) is 82.2 Å². The van der Waals surface area contributed by atoms with Crippen molar-refractivity contribution in [1.82, 2.24) is 10.6 Å². The van der Waals surface area contributed by atoms with Crippen LogP contribution in [0.15, 0.2) is 54.5 Å². The van der Waals surface area contributed by atoms with Gasteiger partial charge in [0.15, 0.2) is 0 Å². The molecular formula is C40H60N4O2. The lowest BCUT2D eigenvalue weighted by atomic mass is 9.33. The fourth-order valence-electron chi connectivity index (χ4n) is 12.6. The number of hydrogen-bond donors (Lipinski definition) is 4. The predicted octanol–water partition coefficient (Wildman–Crippen LogP) is 7.53. The van der Waals surface area contributed by atoms with Gasteiger partial charge in [0.2, 0.25) is 0 Å². The van der Waals surface area contributed by atoms with Gasteiger partial charge in [-0.2, -0.15) is 0 Å². The monoisotopic (exact) mass is 628 g/mol. The highest BCUT2D eigenvalue weighted by Crippen LogP contribution is 2.76. The smallest absolute Gasteiger partial charge is 0.337 e. The number of esters is 1. The number of allylic oxidation sites excluding steroid dienone is 4. The van der Waals surface area contributed by atoms with Crippen molar-refractivity contribution in [3.8, 4) is 0 Å². The average Bonchev–Trinajstić information content (AvgIpc) is 3.46. The highest BCUT2D eigenvalue weighted by molar-refractivity contribution is 5.89. The molecule has 252 valence electrons. The van der Waals surface area contributed by atoms with Crippen LogP contribution in [0.5, 0.6) is 0 Å². The Bertz CT molecular complexity index is 1400. The number of methoxy groups -OCH3 is 1. The summed E-state index contributed by atoms with van der Waals surface area (Å²) >= 11 is 0. The molecule has 6 N–H and O–H groups in total. The minimum Gasteiger partial charge on any atom is -0.465 e. The SMILES string of the molecule is COC(=O)c1ccc(C2=CCC3(C)C(CCC4(C)C3CCC3[C@H]5CCCC5(NCCN/C(N)=C/C=C\N)CC[C@]34C)C2(C)C)cc1. The summed E-state index contributed by atoms with van der Waals surface area (Å²) in [6, 6.07) is 8.12. The summed E-state index contributed by atoms with van der Waals surface area (Å²) in [5.74, 6) is 3.34. The molecule has 6 heteroatoms. The van der Waals surface area contributed by atoms with E-state index in [1.807, 2.05) is 18.2 Å². The molecule has 5 aliphatic rings. The first kappa shape index (κ1) is 33.2. The standard InChI is InChI=1S/C40H60N4O2/c1-36(2)29(27-11-13-28(14-12-27)35(45)46-6)17-20-37(3)32(36)18-21-39(5)33(37)16-15-30-31-9-7-19-40(31,23-22-38(30,39)4)44-26-25-43-34(42)10-8-24-41/h8,10-14,17,24,30-33,43-44H,7,9,15-16,18-23,25-26,41-42H2,1-6H3/b24-8-,34-10+/t30?,31-,32?,33?,37?,38-,39?,40?/m1/s1. The maximum Gasteiger partial charge on any atom is 0.337 e. The van der Waals surface area contributed by atoms with E-state index in [0.717, 1.165) is 37.3 Å². The third-order valence-corrected chi connectivity index (χ3v) is 14.9. The number of carbonyl (C=O) groups excluding carboxylic acids is 1. The van der Waals surface area contributed by atoms with Gasteiger partial charge >= 0.3 is 5.97 Å². The summed E-state index contributed by atoms with van der Waals surface area (Å²) in [5.41, 5.74) is 16.3. The number of hydrogen-bond acceptors (Lipinski definition) is 6. The van der Waals surface area contributed by atoms with Gasteiger partial charge in [0, 0.05) is 18.6 Å². The fraction of sp³-hybridized carbons (Fsp3) is 0.675. The Labute approximate surface area is 278 Å². The lowest BCUT2D eigenvalue weighted by Crippen LogP contribution is -2.67. The Kier molecular flexibility index (Phi) is 8.70. The van der Waals surface area contributed by atoms with Crippen LogP contribution in [-0.2, 0) is 4.74 Å². The molecule has 0 spiro atoms. The van der Waals surface area contributed by atoms with E-state index in [4.69, 9.17) is 16.2 Å². The molecule has 6 nitrogen and oxygen atoms in total. The van der Waals surface area contributed by atoms with Gasteiger partial charge in [0.1, 0.15) is 0 Å². The van der Waals surface area contributed by atoms with Gasteiger partial charge in [-0.15, -0.1) is 0 Å². The van der Waals surface area contributed by atoms with E-state index in [1.54, 1.807) is 6.08 Å². The quantitative estimate of drug-likeness (QED) is 0.135. The van der Waals surface area contributed by atoms with E-state index in [-0.39, 0.29) is 16.9 Å². The molecule has 1 aromatic rings. The second kappa shape index (κ2) is 12.1. The summed E-state index contributed by atoms with van der Waals surface area (Å²) in [5, 5.41) is 7.47. The number of benzene rings is 1. The molecule has 0 amide bonds. The first-order valence-corrected chi connectivity index (χ1v) is 18.1. The van der Waals surface area contributed by atoms with E-state index < -0.39 is 0 Å². The predicted molar refractivity (Wildman–Crippen MR) is 188 cm³/mol. The third kappa shape index (κ3) is 5.04. The lowest BCUT2D eigenvalue weighted by molar-refractivity contribution is -0.216.